The van der Waals surface area contributed by atoms with E-state index in [2.05, 4.69) is 11.3 Å². The predicted molar refractivity (Wildman–Crippen MR) is 89.0 cm³/mol. The summed E-state index contributed by atoms with van der Waals surface area (Å²) in [4.78, 5) is 11.5. The quantitative estimate of drug-likeness (QED) is 0.603. The fourth-order valence-corrected chi connectivity index (χ4v) is 3.50. The van der Waals surface area contributed by atoms with Gasteiger partial charge in [0.25, 0.3) is 10.0 Å². The van der Waals surface area contributed by atoms with Gasteiger partial charge in [0.2, 0.25) is 0 Å². The lowest BCUT2D eigenvalue weighted by atomic mass is 10.2. The number of carbonyl (C=O) groups is 1. The SMILES string of the molecule is C=CCN(c1ccccc1)S(=O)(=O)c1ccc(C(=O)OC)cc1. The van der Waals surface area contributed by atoms with E-state index in [0.29, 0.717) is 11.3 Å². The molecule has 0 N–H and O–H groups in total. The molecule has 0 amide bonds. The Kier molecular flexibility index (Phi) is 5.18. The van der Waals surface area contributed by atoms with Crippen LogP contribution in [0.5, 0.6) is 0 Å². The van der Waals surface area contributed by atoms with Crippen LogP contribution in [0.1, 0.15) is 10.4 Å². The molecular formula is C17H17NO4S. The highest BCUT2D eigenvalue weighted by molar-refractivity contribution is 7.92. The maximum Gasteiger partial charge on any atom is 0.337 e. The zero-order valence-electron chi connectivity index (χ0n) is 12.7. The van der Waals surface area contributed by atoms with E-state index in [1.165, 1.54) is 41.8 Å². The number of hydrogen-bond donors (Lipinski definition) is 0. The number of carbonyl (C=O) groups excluding carboxylic acids is 1. The van der Waals surface area contributed by atoms with Crippen molar-refractivity contribution in [1.29, 1.82) is 0 Å². The Labute approximate surface area is 135 Å². The van der Waals surface area contributed by atoms with E-state index in [-0.39, 0.29) is 11.4 Å². The topological polar surface area (TPSA) is 63.7 Å². The van der Waals surface area contributed by atoms with E-state index in [1.807, 2.05) is 6.07 Å². The average molecular weight is 331 g/mol. The van der Waals surface area contributed by atoms with Crippen LogP contribution in [-0.2, 0) is 14.8 Å². The van der Waals surface area contributed by atoms with Gasteiger partial charge in [-0.05, 0) is 36.4 Å². The summed E-state index contributed by atoms with van der Waals surface area (Å²) in [6, 6.07) is 14.4. The van der Waals surface area contributed by atoms with Gasteiger partial charge in [-0.15, -0.1) is 6.58 Å². The molecule has 5 nitrogen and oxygen atoms in total. The van der Waals surface area contributed by atoms with Crippen LogP contribution < -0.4 is 4.31 Å². The maximum atomic E-state index is 12.8. The first-order valence-electron chi connectivity index (χ1n) is 6.87. The molecule has 0 aromatic heterocycles. The van der Waals surface area contributed by atoms with Crippen LogP contribution in [0.15, 0.2) is 72.1 Å². The zero-order valence-corrected chi connectivity index (χ0v) is 13.5. The van der Waals surface area contributed by atoms with Crippen molar-refractivity contribution in [2.24, 2.45) is 0 Å². The highest BCUT2D eigenvalue weighted by Gasteiger charge is 2.24. The number of hydrogen-bond acceptors (Lipinski definition) is 4. The molecule has 0 fully saturated rings. The molecule has 23 heavy (non-hydrogen) atoms. The monoisotopic (exact) mass is 331 g/mol. The number of ether oxygens (including phenoxy) is 1. The number of esters is 1. The van der Waals surface area contributed by atoms with Crippen molar-refractivity contribution < 1.29 is 17.9 Å². The Bertz CT molecular complexity index is 783. The second kappa shape index (κ2) is 7.11. The summed E-state index contributed by atoms with van der Waals surface area (Å²) in [5.41, 5.74) is 0.839. The summed E-state index contributed by atoms with van der Waals surface area (Å²) in [5.74, 6) is -0.514. The fourth-order valence-electron chi connectivity index (χ4n) is 2.06. The van der Waals surface area contributed by atoms with Gasteiger partial charge < -0.3 is 4.74 Å². The lowest BCUT2D eigenvalue weighted by molar-refractivity contribution is 0.0600. The van der Waals surface area contributed by atoms with Crippen LogP contribution in [0.3, 0.4) is 0 Å². The van der Waals surface area contributed by atoms with Crippen molar-refractivity contribution in [3.05, 3.63) is 72.8 Å². The molecule has 0 radical (unpaired) electrons. The molecule has 0 spiro atoms. The first-order valence-corrected chi connectivity index (χ1v) is 8.31. The Morgan fingerprint density at radius 3 is 2.26 bits per heavy atom. The van der Waals surface area contributed by atoms with Crippen LogP contribution in [0.4, 0.5) is 5.69 Å². The normalized spacial score (nSPS) is 10.8. The molecule has 0 aliphatic heterocycles. The lowest BCUT2D eigenvalue weighted by Gasteiger charge is -2.23. The van der Waals surface area contributed by atoms with Gasteiger partial charge in [0.05, 0.1) is 29.8 Å². The van der Waals surface area contributed by atoms with Gasteiger partial charge in [0, 0.05) is 0 Å². The summed E-state index contributed by atoms with van der Waals surface area (Å²) in [6.07, 6.45) is 1.52. The molecule has 0 atom stereocenters. The van der Waals surface area contributed by atoms with Crippen LogP contribution >= 0.6 is 0 Å². The molecule has 0 bridgehead atoms. The maximum absolute atomic E-state index is 12.8. The molecule has 0 aliphatic rings. The van der Waals surface area contributed by atoms with Gasteiger partial charge in [-0.1, -0.05) is 24.3 Å². The first kappa shape index (κ1) is 16.8. The number of para-hydroxylation sites is 1. The molecule has 0 saturated carbocycles. The average Bonchev–Trinajstić information content (AvgIpc) is 2.59. The van der Waals surface area contributed by atoms with Crippen LogP contribution in [-0.4, -0.2) is 28.0 Å². The molecule has 2 aromatic rings. The summed E-state index contributed by atoms with van der Waals surface area (Å²) in [5, 5.41) is 0. The minimum atomic E-state index is -3.76. The van der Waals surface area contributed by atoms with E-state index >= 15 is 0 Å². The number of methoxy groups -OCH3 is 1. The first-order chi connectivity index (χ1) is 11.0. The smallest absolute Gasteiger partial charge is 0.337 e. The fraction of sp³-hybridized carbons (Fsp3) is 0.118. The second-order valence-corrected chi connectivity index (χ2v) is 6.54. The van der Waals surface area contributed by atoms with Gasteiger partial charge in [-0.25, -0.2) is 13.2 Å². The van der Waals surface area contributed by atoms with Crippen molar-refractivity contribution in [3.8, 4) is 0 Å². The number of sulfonamides is 1. The Morgan fingerprint density at radius 2 is 1.74 bits per heavy atom. The molecule has 120 valence electrons. The second-order valence-electron chi connectivity index (χ2n) is 4.68. The number of rotatable bonds is 6. The number of nitrogens with zero attached hydrogens (tertiary/aromatic N) is 1. The summed E-state index contributed by atoms with van der Waals surface area (Å²) >= 11 is 0. The highest BCUT2D eigenvalue weighted by Crippen LogP contribution is 2.23. The Hall–Kier alpha value is -2.60. The van der Waals surface area contributed by atoms with Crippen molar-refractivity contribution in [2.75, 3.05) is 18.0 Å². The molecule has 2 rings (SSSR count). The summed E-state index contributed by atoms with van der Waals surface area (Å²) in [6.45, 7) is 3.76. The summed E-state index contributed by atoms with van der Waals surface area (Å²) < 4.78 is 31.5. The molecule has 0 unspecified atom stereocenters. The molecule has 2 aromatic carbocycles. The van der Waals surface area contributed by atoms with Gasteiger partial charge in [0.15, 0.2) is 0 Å². The Morgan fingerprint density at radius 1 is 1.13 bits per heavy atom. The van der Waals surface area contributed by atoms with E-state index in [0.717, 1.165) is 0 Å². The zero-order chi connectivity index (χ0) is 16.9. The minimum absolute atomic E-state index is 0.0934. The van der Waals surface area contributed by atoms with Crippen LogP contribution in [0, 0.1) is 0 Å². The lowest BCUT2D eigenvalue weighted by Crippen LogP contribution is -2.31. The van der Waals surface area contributed by atoms with Gasteiger partial charge >= 0.3 is 5.97 Å². The van der Waals surface area contributed by atoms with Crippen molar-refractivity contribution in [3.63, 3.8) is 0 Å². The molecule has 0 aliphatic carbocycles. The molecule has 6 heteroatoms. The number of benzene rings is 2. The largest absolute Gasteiger partial charge is 0.465 e. The van der Waals surface area contributed by atoms with E-state index in [1.54, 1.807) is 24.3 Å². The summed E-state index contributed by atoms with van der Waals surface area (Å²) in [7, 11) is -2.48. The van der Waals surface area contributed by atoms with Crippen molar-refractivity contribution >= 4 is 21.7 Å². The highest BCUT2D eigenvalue weighted by atomic mass is 32.2. The number of anilines is 1. The minimum Gasteiger partial charge on any atom is -0.465 e. The predicted octanol–water partition coefficient (Wildman–Crippen LogP) is 2.85. The van der Waals surface area contributed by atoms with Crippen LogP contribution in [0.25, 0.3) is 0 Å². The van der Waals surface area contributed by atoms with E-state index < -0.39 is 16.0 Å². The molecule has 0 heterocycles. The third-order valence-electron chi connectivity index (χ3n) is 3.20. The van der Waals surface area contributed by atoms with Crippen LogP contribution in [0.2, 0.25) is 0 Å². The van der Waals surface area contributed by atoms with Crippen molar-refractivity contribution in [1.82, 2.24) is 0 Å². The van der Waals surface area contributed by atoms with Gasteiger partial charge in [-0.2, -0.15) is 0 Å². The molecular weight excluding hydrogens is 314 g/mol. The molecule has 0 saturated heterocycles. The van der Waals surface area contributed by atoms with Crippen molar-refractivity contribution in [2.45, 2.75) is 4.90 Å². The van der Waals surface area contributed by atoms with Gasteiger partial charge in [0.1, 0.15) is 0 Å². The van der Waals surface area contributed by atoms with E-state index in [9.17, 15) is 13.2 Å². The third-order valence-corrected chi connectivity index (χ3v) is 5.01. The third kappa shape index (κ3) is 3.60. The van der Waals surface area contributed by atoms with Gasteiger partial charge in [-0.3, -0.25) is 4.31 Å². The van der Waals surface area contributed by atoms with E-state index in [4.69, 9.17) is 0 Å². The Balaban J connectivity index is 2.42. The standard InChI is InChI=1S/C17H17NO4S/c1-3-13-18(15-7-5-4-6-8-15)23(20,21)16-11-9-14(10-12-16)17(19)22-2/h3-12H,1,13H2,2H3.